The summed E-state index contributed by atoms with van der Waals surface area (Å²) in [4.78, 5) is 11.4. The molecule has 0 spiro atoms. The monoisotopic (exact) mass is 239 g/mol. The number of carbonyl (C=O) groups is 1. The van der Waals surface area contributed by atoms with E-state index in [1.54, 1.807) is 7.05 Å². The normalized spacial score (nSPS) is 12.2. The van der Waals surface area contributed by atoms with Crippen molar-refractivity contribution in [2.75, 3.05) is 7.05 Å². The Morgan fingerprint density at radius 1 is 1.38 bits per heavy atom. The van der Waals surface area contributed by atoms with Gasteiger partial charge in [0.15, 0.2) is 0 Å². The molecule has 1 aromatic carbocycles. The third-order valence-corrected chi connectivity index (χ3v) is 2.94. The molecule has 2 nitrogen and oxygen atoms in total. The summed E-state index contributed by atoms with van der Waals surface area (Å²) in [6.45, 7) is 2.13. The summed E-state index contributed by atoms with van der Waals surface area (Å²) in [6, 6.07) is 7.77. The fraction of sp³-hybridized carbons (Fsp3) is 0.462. The van der Waals surface area contributed by atoms with Gasteiger partial charge in [0.2, 0.25) is 5.91 Å². The Labute approximate surface area is 102 Å². The van der Waals surface area contributed by atoms with E-state index in [0.717, 1.165) is 17.9 Å². The van der Waals surface area contributed by atoms with Crippen LogP contribution >= 0.6 is 11.6 Å². The molecule has 0 fully saturated rings. The van der Waals surface area contributed by atoms with Gasteiger partial charge in [0.05, 0.1) is 0 Å². The van der Waals surface area contributed by atoms with Gasteiger partial charge in [0.1, 0.15) is 0 Å². The zero-order chi connectivity index (χ0) is 12.0. The lowest BCUT2D eigenvalue weighted by atomic mass is 9.91. The average molecular weight is 240 g/mol. The second kappa shape index (κ2) is 6.54. The van der Waals surface area contributed by atoms with Gasteiger partial charge in [-0.1, -0.05) is 37.1 Å². The first kappa shape index (κ1) is 13.0. The maximum atomic E-state index is 11.4. The van der Waals surface area contributed by atoms with E-state index >= 15 is 0 Å². The van der Waals surface area contributed by atoms with Crippen molar-refractivity contribution in [3.05, 3.63) is 34.9 Å². The number of benzene rings is 1. The third-order valence-electron chi connectivity index (χ3n) is 2.69. The molecule has 0 bridgehead atoms. The summed E-state index contributed by atoms with van der Waals surface area (Å²) in [6.07, 6.45) is 2.64. The predicted molar refractivity (Wildman–Crippen MR) is 67.8 cm³/mol. The number of hydrogen-bond acceptors (Lipinski definition) is 1. The van der Waals surface area contributed by atoms with Crippen LogP contribution in [0.3, 0.4) is 0 Å². The Balaban J connectivity index is 2.76. The highest BCUT2D eigenvalue weighted by Gasteiger charge is 2.14. The third kappa shape index (κ3) is 3.86. The van der Waals surface area contributed by atoms with Gasteiger partial charge in [-0.15, -0.1) is 0 Å². The molecule has 3 heteroatoms. The fourth-order valence-electron chi connectivity index (χ4n) is 1.80. The Bertz CT molecular complexity index is 334. The van der Waals surface area contributed by atoms with Crippen molar-refractivity contribution >= 4 is 17.5 Å². The highest BCUT2D eigenvalue weighted by molar-refractivity contribution is 6.30. The number of rotatable bonds is 5. The Morgan fingerprint density at radius 2 is 2.00 bits per heavy atom. The van der Waals surface area contributed by atoms with Gasteiger partial charge in [-0.05, 0) is 30.0 Å². The van der Waals surface area contributed by atoms with Gasteiger partial charge in [0.25, 0.3) is 0 Å². The maximum absolute atomic E-state index is 11.4. The van der Waals surface area contributed by atoms with Crippen LogP contribution in [0.5, 0.6) is 0 Å². The smallest absolute Gasteiger partial charge is 0.220 e. The van der Waals surface area contributed by atoms with Crippen LogP contribution in [-0.2, 0) is 4.79 Å². The van der Waals surface area contributed by atoms with Crippen LogP contribution in [0.25, 0.3) is 0 Å². The summed E-state index contributed by atoms with van der Waals surface area (Å²) in [5.74, 6) is 0.385. The van der Waals surface area contributed by atoms with Gasteiger partial charge >= 0.3 is 0 Å². The zero-order valence-electron chi connectivity index (χ0n) is 9.79. The van der Waals surface area contributed by atoms with E-state index in [-0.39, 0.29) is 5.91 Å². The first-order valence-corrected chi connectivity index (χ1v) is 6.01. The lowest BCUT2D eigenvalue weighted by Gasteiger charge is -2.15. The maximum Gasteiger partial charge on any atom is 0.220 e. The van der Waals surface area contributed by atoms with Gasteiger partial charge in [-0.2, -0.15) is 0 Å². The molecule has 16 heavy (non-hydrogen) atoms. The zero-order valence-corrected chi connectivity index (χ0v) is 10.6. The molecule has 1 N–H and O–H groups in total. The van der Waals surface area contributed by atoms with Gasteiger partial charge in [0, 0.05) is 18.5 Å². The van der Waals surface area contributed by atoms with Crippen molar-refractivity contribution in [3.8, 4) is 0 Å². The van der Waals surface area contributed by atoms with E-state index in [4.69, 9.17) is 11.6 Å². The number of carbonyl (C=O) groups excluding carboxylic acids is 1. The molecule has 0 aromatic heterocycles. The van der Waals surface area contributed by atoms with E-state index in [1.165, 1.54) is 5.56 Å². The SMILES string of the molecule is CCCC(CC(=O)NC)c1ccc(Cl)cc1. The predicted octanol–water partition coefficient (Wildman–Crippen LogP) is 3.36. The fourth-order valence-corrected chi connectivity index (χ4v) is 1.92. The molecule has 0 saturated heterocycles. The molecule has 0 aliphatic heterocycles. The summed E-state index contributed by atoms with van der Waals surface area (Å²) < 4.78 is 0. The first-order valence-electron chi connectivity index (χ1n) is 5.63. The molecule has 1 amide bonds. The molecule has 0 saturated carbocycles. The minimum atomic E-state index is 0.0911. The van der Waals surface area contributed by atoms with Crippen LogP contribution in [0, 0.1) is 0 Å². The van der Waals surface area contributed by atoms with Gasteiger partial charge < -0.3 is 5.32 Å². The largest absolute Gasteiger partial charge is 0.359 e. The Hall–Kier alpha value is -1.02. The highest BCUT2D eigenvalue weighted by atomic mass is 35.5. The van der Waals surface area contributed by atoms with E-state index in [9.17, 15) is 4.79 Å². The molecule has 1 unspecified atom stereocenters. The second-order valence-electron chi connectivity index (χ2n) is 3.91. The van der Waals surface area contributed by atoms with Crippen LogP contribution in [-0.4, -0.2) is 13.0 Å². The van der Waals surface area contributed by atoms with E-state index in [0.29, 0.717) is 12.3 Å². The summed E-state index contributed by atoms with van der Waals surface area (Å²) in [7, 11) is 1.67. The van der Waals surface area contributed by atoms with E-state index in [2.05, 4.69) is 12.2 Å². The average Bonchev–Trinajstić information content (AvgIpc) is 2.29. The molecule has 0 heterocycles. The first-order chi connectivity index (χ1) is 7.67. The van der Waals surface area contributed by atoms with Crippen molar-refractivity contribution in [2.45, 2.75) is 32.1 Å². The van der Waals surface area contributed by atoms with Crippen molar-refractivity contribution in [1.82, 2.24) is 5.32 Å². The molecular weight excluding hydrogens is 222 g/mol. The molecule has 1 atom stereocenters. The Morgan fingerprint density at radius 3 is 2.50 bits per heavy atom. The van der Waals surface area contributed by atoms with Crippen molar-refractivity contribution in [1.29, 1.82) is 0 Å². The van der Waals surface area contributed by atoms with Crippen molar-refractivity contribution in [3.63, 3.8) is 0 Å². The summed E-state index contributed by atoms with van der Waals surface area (Å²) >= 11 is 5.85. The lowest BCUT2D eigenvalue weighted by Crippen LogP contribution is -2.20. The summed E-state index contributed by atoms with van der Waals surface area (Å²) in [5.41, 5.74) is 1.19. The number of nitrogens with one attached hydrogen (secondary N) is 1. The van der Waals surface area contributed by atoms with Crippen LogP contribution in [0.1, 0.15) is 37.7 Å². The second-order valence-corrected chi connectivity index (χ2v) is 4.35. The molecule has 0 aliphatic rings. The van der Waals surface area contributed by atoms with Gasteiger partial charge in [-0.3, -0.25) is 4.79 Å². The number of hydrogen-bond donors (Lipinski definition) is 1. The minimum absolute atomic E-state index is 0.0911. The molecule has 1 rings (SSSR count). The molecular formula is C13H18ClNO. The van der Waals surface area contributed by atoms with Crippen molar-refractivity contribution in [2.24, 2.45) is 0 Å². The molecule has 0 radical (unpaired) electrons. The van der Waals surface area contributed by atoms with Crippen LogP contribution in [0.15, 0.2) is 24.3 Å². The topological polar surface area (TPSA) is 29.1 Å². The minimum Gasteiger partial charge on any atom is -0.359 e. The quantitative estimate of drug-likeness (QED) is 0.839. The van der Waals surface area contributed by atoms with Crippen LogP contribution in [0.4, 0.5) is 0 Å². The molecule has 1 aromatic rings. The number of halogens is 1. The highest BCUT2D eigenvalue weighted by Crippen LogP contribution is 2.26. The standard InChI is InChI=1S/C13H18ClNO/c1-3-4-11(9-13(16)15-2)10-5-7-12(14)8-6-10/h5-8,11H,3-4,9H2,1-2H3,(H,15,16). The van der Waals surface area contributed by atoms with Crippen LogP contribution in [0.2, 0.25) is 5.02 Å². The van der Waals surface area contributed by atoms with Crippen molar-refractivity contribution < 1.29 is 4.79 Å². The molecule has 0 aliphatic carbocycles. The van der Waals surface area contributed by atoms with E-state index in [1.807, 2.05) is 24.3 Å². The van der Waals surface area contributed by atoms with Crippen LogP contribution < -0.4 is 5.32 Å². The Kier molecular flexibility index (Phi) is 5.33. The molecule has 88 valence electrons. The lowest BCUT2D eigenvalue weighted by molar-refractivity contribution is -0.121. The van der Waals surface area contributed by atoms with E-state index < -0.39 is 0 Å². The number of amides is 1. The summed E-state index contributed by atoms with van der Waals surface area (Å²) in [5, 5.41) is 3.41. The van der Waals surface area contributed by atoms with Gasteiger partial charge in [-0.25, -0.2) is 0 Å².